The van der Waals surface area contributed by atoms with Crippen LogP contribution in [-0.4, -0.2) is 71.1 Å². The summed E-state index contributed by atoms with van der Waals surface area (Å²) in [7, 11) is 2.37. The first kappa shape index (κ1) is 43.9. The maximum atomic E-state index is 13.3. The molecule has 1 atom stereocenters. The monoisotopic (exact) mass is 833 g/mol. The van der Waals surface area contributed by atoms with Crippen molar-refractivity contribution in [2.24, 2.45) is 0 Å². The first-order valence-corrected chi connectivity index (χ1v) is 18.4. The number of carboxylic acids is 1. The summed E-state index contributed by atoms with van der Waals surface area (Å²) < 4.78 is 23.6. The Morgan fingerprint density at radius 2 is 1.13 bits per heavy atom. The highest BCUT2D eigenvalue weighted by Crippen LogP contribution is 2.40. The van der Waals surface area contributed by atoms with Crippen molar-refractivity contribution < 1.29 is 58.0 Å². The largest absolute Gasteiger partial charge is 0.504 e. The number of anilines is 4. The van der Waals surface area contributed by atoms with Crippen LogP contribution >= 0.6 is 0 Å². The van der Waals surface area contributed by atoms with Crippen molar-refractivity contribution in [2.45, 2.75) is 26.3 Å². The maximum absolute atomic E-state index is 13.3. The lowest BCUT2D eigenvalue weighted by atomic mass is 10.1. The Balaban J connectivity index is 1.15. The fourth-order valence-electron chi connectivity index (χ4n) is 5.80. The molecule has 0 saturated carbocycles. The fourth-order valence-corrected chi connectivity index (χ4v) is 5.80. The standard InChI is InChI=1S/C44H40FN5O11/c1-5-25(22-24-6-12-28(45)13-7-24)40(54)48-30-16-8-26(9-17-30)41(55)46-23(2)39(53)47-29-14-10-27(11-15-29)42(56)49-33-20-18-31(35(51)37(33)60-3)43(57)50-34-21-19-32(44(58)59)36(52)38(34)61-4/h6-23,51-52H,5H2,1-4H3,(H,46,55)(H,47,53)(H,48,54)(H,49,56)(H,50,57)(H,58,59)/b25-22+/t23-/m0/s1. The van der Waals surface area contributed by atoms with Crippen molar-refractivity contribution in [3.05, 3.63) is 136 Å². The van der Waals surface area contributed by atoms with E-state index >= 15 is 0 Å². The van der Waals surface area contributed by atoms with Crippen LogP contribution in [0.15, 0.2) is 103 Å². The minimum atomic E-state index is -1.42. The number of halogens is 1. The summed E-state index contributed by atoms with van der Waals surface area (Å²) in [6, 6.07) is 21.4. The van der Waals surface area contributed by atoms with Crippen LogP contribution in [0.5, 0.6) is 23.0 Å². The topological polar surface area (TPSA) is 242 Å². The highest BCUT2D eigenvalue weighted by atomic mass is 19.1. The zero-order valence-electron chi connectivity index (χ0n) is 33.1. The van der Waals surface area contributed by atoms with Crippen molar-refractivity contribution in [3.8, 4) is 23.0 Å². The van der Waals surface area contributed by atoms with Gasteiger partial charge in [-0.3, -0.25) is 24.0 Å². The number of carbonyl (C=O) groups excluding carboxylic acids is 5. The minimum absolute atomic E-state index is 0.00484. The van der Waals surface area contributed by atoms with Gasteiger partial charge in [0.15, 0.2) is 23.0 Å². The normalized spacial score (nSPS) is 11.4. The van der Waals surface area contributed by atoms with Gasteiger partial charge in [-0.1, -0.05) is 19.1 Å². The molecule has 0 aromatic heterocycles. The van der Waals surface area contributed by atoms with Gasteiger partial charge in [-0.15, -0.1) is 0 Å². The summed E-state index contributed by atoms with van der Waals surface area (Å²) in [6.07, 6.45) is 2.09. The molecule has 0 fully saturated rings. The number of nitrogens with one attached hydrogen (secondary N) is 5. The van der Waals surface area contributed by atoms with Crippen molar-refractivity contribution >= 4 is 64.3 Å². The zero-order valence-corrected chi connectivity index (χ0v) is 33.1. The van der Waals surface area contributed by atoms with Gasteiger partial charge >= 0.3 is 5.97 Å². The predicted octanol–water partition coefficient (Wildman–Crippen LogP) is 6.65. The number of hydrogen-bond acceptors (Lipinski definition) is 10. The molecule has 5 amide bonds. The average molecular weight is 834 g/mol. The van der Waals surface area contributed by atoms with Crippen LogP contribution in [0.2, 0.25) is 0 Å². The van der Waals surface area contributed by atoms with Gasteiger partial charge in [0.2, 0.25) is 5.91 Å². The molecule has 0 saturated heterocycles. The highest BCUT2D eigenvalue weighted by molar-refractivity contribution is 6.11. The summed E-state index contributed by atoms with van der Waals surface area (Å²) in [4.78, 5) is 76.3. The molecule has 16 nitrogen and oxygen atoms in total. The van der Waals surface area contributed by atoms with Gasteiger partial charge in [0.05, 0.1) is 31.2 Å². The lowest BCUT2D eigenvalue weighted by molar-refractivity contribution is -0.117. The Morgan fingerprint density at radius 3 is 1.66 bits per heavy atom. The van der Waals surface area contributed by atoms with Crippen LogP contribution in [-0.2, 0) is 9.59 Å². The highest BCUT2D eigenvalue weighted by Gasteiger charge is 2.24. The number of aromatic hydroxyl groups is 2. The van der Waals surface area contributed by atoms with Crippen molar-refractivity contribution in [1.82, 2.24) is 5.32 Å². The van der Waals surface area contributed by atoms with Crippen molar-refractivity contribution in [1.29, 1.82) is 0 Å². The van der Waals surface area contributed by atoms with E-state index in [-0.39, 0.29) is 51.3 Å². The molecule has 5 rings (SSSR count). The number of amides is 5. The number of phenols is 2. The molecule has 8 N–H and O–H groups in total. The van der Waals surface area contributed by atoms with Crippen LogP contribution in [0, 0.1) is 5.82 Å². The number of rotatable bonds is 15. The molecular formula is C44H40FN5O11. The molecule has 0 aliphatic rings. The van der Waals surface area contributed by atoms with Crippen LogP contribution in [0.1, 0.15) is 67.3 Å². The van der Waals surface area contributed by atoms with Gasteiger partial charge in [0.25, 0.3) is 23.6 Å². The lowest BCUT2D eigenvalue weighted by Gasteiger charge is -2.16. The molecule has 0 aliphatic heterocycles. The van der Waals surface area contributed by atoms with E-state index in [0.717, 1.165) is 13.2 Å². The fraction of sp³-hybridized carbons (Fsp3) is 0.136. The van der Waals surface area contributed by atoms with Crippen LogP contribution in [0.4, 0.5) is 27.1 Å². The Bertz CT molecular complexity index is 2520. The van der Waals surface area contributed by atoms with E-state index < -0.39 is 52.7 Å². The van der Waals surface area contributed by atoms with Crippen LogP contribution < -0.4 is 36.1 Å². The van der Waals surface area contributed by atoms with E-state index in [1.807, 2.05) is 6.92 Å². The van der Waals surface area contributed by atoms with Crippen LogP contribution in [0.25, 0.3) is 6.08 Å². The molecular weight excluding hydrogens is 794 g/mol. The molecule has 5 aromatic rings. The molecule has 314 valence electrons. The van der Waals surface area contributed by atoms with E-state index in [0.29, 0.717) is 28.9 Å². The molecule has 0 unspecified atom stereocenters. The molecule has 17 heteroatoms. The Labute approximate surface area is 348 Å². The van der Waals surface area contributed by atoms with Gasteiger partial charge in [0.1, 0.15) is 17.4 Å². The van der Waals surface area contributed by atoms with E-state index in [4.69, 9.17) is 9.47 Å². The number of phenolic OH excluding ortho intramolecular Hbond substituents is 1. The molecule has 0 bridgehead atoms. The molecule has 5 aromatic carbocycles. The number of aromatic carboxylic acids is 1. The quantitative estimate of drug-likeness (QED) is 0.0520. The predicted molar refractivity (Wildman–Crippen MR) is 224 cm³/mol. The third kappa shape index (κ3) is 10.7. The summed E-state index contributed by atoms with van der Waals surface area (Å²) in [5.74, 6) is -6.68. The van der Waals surface area contributed by atoms with Crippen molar-refractivity contribution in [2.75, 3.05) is 35.5 Å². The van der Waals surface area contributed by atoms with E-state index in [1.54, 1.807) is 30.3 Å². The third-order valence-corrected chi connectivity index (χ3v) is 9.09. The van der Waals surface area contributed by atoms with Gasteiger partial charge in [-0.25, -0.2) is 9.18 Å². The van der Waals surface area contributed by atoms with Crippen LogP contribution in [0.3, 0.4) is 0 Å². The maximum Gasteiger partial charge on any atom is 0.339 e. The molecule has 0 heterocycles. The minimum Gasteiger partial charge on any atom is -0.504 e. The van der Waals surface area contributed by atoms with Gasteiger partial charge < -0.3 is 51.4 Å². The first-order valence-electron chi connectivity index (χ1n) is 18.4. The number of ether oxygens (including phenoxy) is 2. The molecule has 0 radical (unpaired) electrons. The summed E-state index contributed by atoms with van der Waals surface area (Å²) in [5.41, 5.74) is 1.45. The van der Waals surface area contributed by atoms with Gasteiger partial charge in [-0.05, 0) is 110 Å². The number of hydrogen-bond donors (Lipinski definition) is 8. The first-order chi connectivity index (χ1) is 29.1. The molecule has 0 aliphatic carbocycles. The summed E-state index contributed by atoms with van der Waals surface area (Å²) in [6.45, 7) is 3.31. The Morgan fingerprint density at radius 1 is 0.639 bits per heavy atom. The van der Waals surface area contributed by atoms with E-state index in [9.17, 15) is 48.5 Å². The van der Waals surface area contributed by atoms with Gasteiger partial charge in [-0.2, -0.15) is 0 Å². The second-order valence-corrected chi connectivity index (χ2v) is 13.2. The van der Waals surface area contributed by atoms with Crippen molar-refractivity contribution in [3.63, 3.8) is 0 Å². The second-order valence-electron chi connectivity index (χ2n) is 13.2. The lowest BCUT2D eigenvalue weighted by Crippen LogP contribution is -2.41. The second kappa shape index (κ2) is 19.5. The average Bonchev–Trinajstić information content (AvgIpc) is 3.23. The van der Waals surface area contributed by atoms with E-state index in [1.165, 1.54) is 80.8 Å². The number of benzene rings is 5. The smallest absolute Gasteiger partial charge is 0.339 e. The zero-order chi connectivity index (χ0) is 44.4. The Kier molecular flexibility index (Phi) is 14.0. The molecule has 61 heavy (non-hydrogen) atoms. The number of methoxy groups -OCH3 is 2. The van der Waals surface area contributed by atoms with Gasteiger partial charge in [0, 0.05) is 28.1 Å². The third-order valence-electron chi connectivity index (χ3n) is 9.09. The Hall–Kier alpha value is -8.21. The summed E-state index contributed by atoms with van der Waals surface area (Å²) in [5, 5.41) is 43.5. The van der Waals surface area contributed by atoms with E-state index in [2.05, 4.69) is 26.6 Å². The number of carbonyl (C=O) groups is 6. The molecule has 0 spiro atoms. The summed E-state index contributed by atoms with van der Waals surface area (Å²) >= 11 is 0. The SMILES string of the molecule is CC/C(=C\c1ccc(F)cc1)C(=O)Nc1ccc(C(=O)N[C@@H](C)C(=O)Nc2ccc(C(=O)Nc3ccc(C(=O)Nc4ccc(C(=O)O)c(O)c4OC)c(O)c3OC)cc2)cc1. The number of carboxylic acid groups (broad SMARTS) is 1.